The summed E-state index contributed by atoms with van der Waals surface area (Å²) in [7, 11) is 0. The number of rotatable bonds is 15. The van der Waals surface area contributed by atoms with Gasteiger partial charge < -0.3 is 99.8 Å². The molecule has 4 fully saturated rings. The quantitative estimate of drug-likeness (QED) is 0.0782. The number of carbonyl (C=O) groups is 1. The number of aliphatic hydroxyl groups is 12. The Morgan fingerprint density at radius 3 is 2.03 bits per heavy atom. The van der Waals surface area contributed by atoms with Gasteiger partial charge in [0.15, 0.2) is 18.4 Å². The number of hydrogen-bond acceptors (Lipinski definition) is 20. The van der Waals surface area contributed by atoms with Crippen LogP contribution in [0, 0.1) is 5.92 Å². The third kappa shape index (κ3) is 10.3. The summed E-state index contributed by atoms with van der Waals surface area (Å²) in [6.07, 6.45) is -28.0. The zero-order valence-electron chi connectivity index (χ0n) is 32.3. The monoisotopic (exact) mass is 837 g/mol. The molecule has 1 amide bonds. The predicted molar refractivity (Wildman–Crippen MR) is 192 cm³/mol. The standard InChI is InChI=1S/C37H59NO20/c1-15-19(43)10-37(9-18-7-5-4-6-8-18,58-32(15)25(45)20(44)11-39)52-14-23-27(47)29(49)31(51)36(55-23)57-34-22(13-41)54-35(24(28(34)48)38-17(3)42)56-33-16(2)53-21(12-40)26(46)30(33)50/h4-8,15-16,19-36,39-41,43-51H,9-14H2,1-3H3,(H,38,42)/t15-,16-,19-,20-,21?,22+,23?,24?,25-,26-,27+,28?,29+,30+,31?,32?,33?,34-,35+,36+,37+/m1/s1. The van der Waals surface area contributed by atoms with E-state index in [1.54, 1.807) is 37.3 Å². The molecule has 21 atom stereocenters. The average Bonchev–Trinajstić information content (AvgIpc) is 3.20. The molecule has 0 bridgehead atoms. The first-order chi connectivity index (χ1) is 27.4. The second-order valence-electron chi connectivity index (χ2n) is 15.5. The Balaban J connectivity index is 1.35. The summed E-state index contributed by atoms with van der Waals surface area (Å²) in [5.74, 6) is -3.15. The predicted octanol–water partition coefficient (Wildman–Crippen LogP) is -5.90. The highest BCUT2D eigenvalue weighted by atomic mass is 16.8. The van der Waals surface area contributed by atoms with E-state index in [2.05, 4.69) is 5.32 Å². The number of benzene rings is 1. The zero-order valence-corrected chi connectivity index (χ0v) is 32.3. The van der Waals surface area contributed by atoms with Gasteiger partial charge in [-0.1, -0.05) is 37.3 Å². The van der Waals surface area contributed by atoms with E-state index >= 15 is 0 Å². The molecule has 0 spiro atoms. The van der Waals surface area contributed by atoms with Gasteiger partial charge in [0.25, 0.3) is 0 Å². The van der Waals surface area contributed by atoms with Gasteiger partial charge in [-0.15, -0.1) is 0 Å². The minimum atomic E-state index is -1.96. The summed E-state index contributed by atoms with van der Waals surface area (Å²) < 4.78 is 41.8. The third-order valence-corrected chi connectivity index (χ3v) is 11.3. The Kier molecular flexibility index (Phi) is 16.4. The molecule has 13 N–H and O–H groups in total. The fourth-order valence-corrected chi connectivity index (χ4v) is 7.92. The molecule has 0 aromatic heterocycles. The molecular weight excluding hydrogens is 778 g/mol. The van der Waals surface area contributed by atoms with E-state index in [1.807, 2.05) is 0 Å². The van der Waals surface area contributed by atoms with Crippen molar-refractivity contribution in [1.82, 2.24) is 5.32 Å². The maximum Gasteiger partial charge on any atom is 0.217 e. The van der Waals surface area contributed by atoms with Crippen LogP contribution in [-0.2, 0) is 44.4 Å². The zero-order chi connectivity index (χ0) is 42.6. The fraction of sp³-hybridized carbons (Fsp3) is 0.811. The van der Waals surface area contributed by atoms with E-state index in [-0.39, 0.29) is 12.8 Å². The lowest BCUT2D eigenvalue weighted by Crippen LogP contribution is -2.69. The van der Waals surface area contributed by atoms with E-state index in [1.165, 1.54) is 6.92 Å². The fourth-order valence-electron chi connectivity index (χ4n) is 7.92. The summed E-state index contributed by atoms with van der Waals surface area (Å²) in [4.78, 5) is 12.3. The first kappa shape index (κ1) is 47.0. The molecule has 4 heterocycles. The van der Waals surface area contributed by atoms with Gasteiger partial charge in [0.05, 0.1) is 44.7 Å². The summed E-state index contributed by atoms with van der Waals surface area (Å²) in [5.41, 5.74) is 0.671. The van der Waals surface area contributed by atoms with Crippen LogP contribution in [0.5, 0.6) is 0 Å². The van der Waals surface area contributed by atoms with Crippen molar-refractivity contribution in [3.8, 4) is 0 Å². The van der Waals surface area contributed by atoms with Crippen LogP contribution < -0.4 is 5.32 Å². The number of ether oxygens (including phenoxy) is 7. The minimum Gasteiger partial charge on any atom is -0.394 e. The smallest absolute Gasteiger partial charge is 0.217 e. The lowest BCUT2D eigenvalue weighted by molar-refractivity contribution is -0.370. The van der Waals surface area contributed by atoms with Crippen molar-refractivity contribution in [1.29, 1.82) is 0 Å². The Morgan fingerprint density at radius 2 is 1.41 bits per heavy atom. The van der Waals surface area contributed by atoms with Gasteiger partial charge in [0, 0.05) is 25.7 Å². The third-order valence-electron chi connectivity index (χ3n) is 11.3. The van der Waals surface area contributed by atoms with Crippen molar-refractivity contribution in [2.24, 2.45) is 5.92 Å². The average molecular weight is 838 g/mol. The van der Waals surface area contributed by atoms with E-state index in [4.69, 9.17) is 33.2 Å². The second-order valence-corrected chi connectivity index (χ2v) is 15.5. The number of carbonyl (C=O) groups excluding carboxylic acids is 1. The first-order valence-electron chi connectivity index (χ1n) is 19.3. The van der Waals surface area contributed by atoms with E-state index in [0.29, 0.717) is 5.56 Å². The van der Waals surface area contributed by atoms with Crippen LogP contribution in [0.4, 0.5) is 0 Å². The van der Waals surface area contributed by atoms with Crippen LogP contribution in [0.15, 0.2) is 30.3 Å². The lowest BCUT2D eigenvalue weighted by atomic mass is 9.83. The summed E-state index contributed by atoms with van der Waals surface area (Å²) in [6, 6.07) is 7.30. The van der Waals surface area contributed by atoms with Crippen LogP contribution in [0.1, 0.15) is 32.8 Å². The number of hydrogen-bond donors (Lipinski definition) is 13. The molecule has 58 heavy (non-hydrogen) atoms. The van der Waals surface area contributed by atoms with Gasteiger partial charge >= 0.3 is 0 Å². The molecule has 21 heteroatoms. The van der Waals surface area contributed by atoms with Crippen molar-refractivity contribution in [3.05, 3.63) is 35.9 Å². The van der Waals surface area contributed by atoms with Crippen molar-refractivity contribution >= 4 is 5.91 Å². The number of nitrogens with one attached hydrogen (secondary N) is 1. The van der Waals surface area contributed by atoms with Gasteiger partial charge in [-0.05, 0) is 12.5 Å². The molecule has 0 aliphatic carbocycles. The lowest BCUT2D eigenvalue weighted by Gasteiger charge is -2.50. The van der Waals surface area contributed by atoms with Gasteiger partial charge in [-0.2, -0.15) is 0 Å². The Hall–Kier alpha value is -2.07. The molecular formula is C37H59NO20. The van der Waals surface area contributed by atoms with Crippen LogP contribution >= 0.6 is 0 Å². The van der Waals surface area contributed by atoms with E-state index in [0.717, 1.165) is 6.92 Å². The van der Waals surface area contributed by atoms with Crippen molar-refractivity contribution in [2.75, 3.05) is 26.4 Å². The largest absolute Gasteiger partial charge is 0.394 e. The van der Waals surface area contributed by atoms with Crippen molar-refractivity contribution in [3.63, 3.8) is 0 Å². The van der Waals surface area contributed by atoms with Gasteiger partial charge in [-0.3, -0.25) is 4.79 Å². The Bertz CT molecular complexity index is 1430. The molecule has 4 saturated heterocycles. The number of aliphatic hydroxyl groups excluding tert-OH is 12. The summed E-state index contributed by atoms with van der Waals surface area (Å²) >= 11 is 0. The summed E-state index contributed by atoms with van der Waals surface area (Å²) in [5, 5.41) is 130. The van der Waals surface area contributed by atoms with Crippen molar-refractivity contribution < 1.29 is 99.2 Å². The Morgan fingerprint density at radius 1 is 0.793 bits per heavy atom. The maximum absolute atomic E-state index is 12.3. The molecule has 4 aliphatic heterocycles. The molecule has 332 valence electrons. The van der Waals surface area contributed by atoms with Gasteiger partial charge in [-0.25, -0.2) is 0 Å². The molecule has 21 nitrogen and oxygen atoms in total. The van der Waals surface area contributed by atoms with Gasteiger partial charge in [0.1, 0.15) is 85.4 Å². The molecule has 1 aromatic carbocycles. The highest BCUT2D eigenvalue weighted by Crippen LogP contribution is 2.39. The first-order valence-corrected chi connectivity index (χ1v) is 19.3. The molecule has 0 saturated carbocycles. The van der Waals surface area contributed by atoms with Crippen LogP contribution in [-0.4, -0.2) is 216 Å². The highest BCUT2D eigenvalue weighted by molar-refractivity contribution is 5.73. The highest BCUT2D eigenvalue weighted by Gasteiger charge is 2.55. The molecule has 4 aliphatic rings. The molecule has 1 aromatic rings. The topological polar surface area (TPSA) is 336 Å². The molecule has 0 radical (unpaired) electrons. The normalized spacial score (nSPS) is 44.7. The van der Waals surface area contributed by atoms with E-state index < -0.39 is 160 Å². The maximum atomic E-state index is 12.3. The van der Waals surface area contributed by atoms with Crippen LogP contribution in [0.3, 0.4) is 0 Å². The van der Waals surface area contributed by atoms with Gasteiger partial charge in [0.2, 0.25) is 5.91 Å². The van der Waals surface area contributed by atoms with Crippen molar-refractivity contribution in [2.45, 2.75) is 156 Å². The molecule has 7 unspecified atom stereocenters. The van der Waals surface area contributed by atoms with Crippen LogP contribution in [0.2, 0.25) is 0 Å². The number of amides is 1. The van der Waals surface area contributed by atoms with Crippen LogP contribution in [0.25, 0.3) is 0 Å². The molecule has 5 rings (SSSR count). The second kappa shape index (κ2) is 20.2. The Labute approximate surface area is 334 Å². The minimum absolute atomic E-state index is 0.0225. The van der Waals surface area contributed by atoms with E-state index in [9.17, 15) is 66.1 Å². The SMILES string of the molecule is CC(=O)NC1C(O)[C@H](O[C@@H]2OC(CO[C@]3(Cc4ccccc4)C[C@@H](O)[C@@H](C)C([C@H](O)[C@H](O)CO)O3)[C@H](O)[C@H](O)C2O)[C@H](CO)O[C@H]1OC1[C@@H](O)[C@H](O)C(CO)O[C@@H]1C. The summed E-state index contributed by atoms with van der Waals surface area (Å²) in [6.45, 7) is 1.36.